The normalized spacial score (nSPS) is 16.9. The Morgan fingerprint density at radius 1 is 0.927 bits per heavy atom. The lowest BCUT2D eigenvalue weighted by atomic mass is 9.86. The Morgan fingerprint density at radius 3 is 2.12 bits per heavy atom. The summed E-state index contributed by atoms with van der Waals surface area (Å²) in [4.78, 5) is 14.1. The van der Waals surface area contributed by atoms with E-state index in [0.717, 1.165) is 16.7 Å². The Bertz CT molecular complexity index is 1370. The second kappa shape index (κ2) is 13.2. The SMILES string of the molecule is CC1(C)N[C@@H](CCc2c(F)cccc2NC(=O)C(OCc2ccccc2)C(c2ccccc2)c2ccccc2)CO1. The summed E-state index contributed by atoms with van der Waals surface area (Å²) >= 11 is 0. The second-order valence-electron chi connectivity index (χ2n) is 11.0. The van der Waals surface area contributed by atoms with Crippen LogP contribution in [0.3, 0.4) is 0 Å². The molecule has 0 spiro atoms. The van der Waals surface area contributed by atoms with Crippen molar-refractivity contribution < 1.29 is 18.7 Å². The lowest BCUT2D eigenvalue weighted by Gasteiger charge is -2.28. The first kappa shape index (κ1) is 28.7. The molecule has 0 aliphatic carbocycles. The Labute approximate surface area is 241 Å². The monoisotopic (exact) mass is 552 g/mol. The Balaban J connectivity index is 1.44. The van der Waals surface area contributed by atoms with Crippen molar-refractivity contribution in [1.29, 1.82) is 0 Å². The van der Waals surface area contributed by atoms with Crippen LogP contribution < -0.4 is 10.6 Å². The molecular formula is C35H37FN2O3. The average Bonchev–Trinajstić information content (AvgIpc) is 3.34. The molecule has 0 bridgehead atoms. The zero-order chi connectivity index (χ0) is 28.7. The molecular weight excluding hydrogens is 515 g/mol. The summed E-state index contributed by atoms with van der Waals surface area (Å²) in [7, 11) is 0. The van der Waals surface area contributed by atoms with Gasteiger partial charge in [-0.05, 0) is 55.5 Å². The third-order valence-corrected chi connectivity index (χ3v) is 7.47. The van der Waals surface area contributed by atoms with Crippen molar-refractivity contribution in [1.82, 2.24) is 5.32 Å². The smallest absolute Gasteiger partial charge is 0.254 e. The largest absolute Gasteiger partial charge is 0.363 e. The first-order valence-corrected chi connectivity index (χ1v) is 14.1. The topological polar surface area (TPSA) is 59.6 Å². The van der Waals surface area contributed by atoms with E-state index in [1.54, 1.807) is 12.1 Å². The van der Waals surface area contributed by atoms with Crippen LogP contribution in [0, 0.1) is 5.82 Å². The van der Waals surface area contributed by atoms with Crippen molar-refractivity contribution in [3.8, 4) is 0 Å². The van der Waals surface area contributed by atoms with Gasteiger partial charge in [-0.3, -0.25) is 10.1 Å². The first-order valence-electron chi connectivity index (χ1n) is 14.1. The van der Waals surface area contributed by atoms with Crippen LogP contribution in [0.15, 0.2) is 109 Å². The van der Waals surface area contributed by atoms with Gasteiger partial charge in [0.15, 0.2) is 0 Å². The van der Waals surface area contributed by atoms with Gasteiger partial charge in [0.25, 0.3) is 5.91 Å². The van der Waals surface area contributed by atoms with E-state index in [1.165, 1.54) is 6.07 Å². The summed E-state index contributed by atoms with van der Waals surface area (Å²) < 4.78 is 27.4. The van der Waals surface area contributed by atoms with Crippen molar-refractivity contribution in [3.63, 3.8) is 0 Å². The van der Waals surface area contributed by atoms with E-state index in [9.17, 15) is 4.79 Å². The number of nitrogens with one attached hydrogen (secondary N) is 2. The molecule has 2 N–H and O–H groups in total. The Morgan fingerprint density at radius 2 is 1.54 bits per heavy atom. The molecule has 4 aromatic rings. The number of carbonyl (C=O) groups excluding carboxylic acids is 1. The predicted molar refractivity (Wildman–Crippen MR) is 160 cm³/mol. The standard InChI is InChI=1S/C35H37FN2O3/c1-35(2)38-28(24-41-35)21-22-29-30(36)19-12-20-31(29)37-34(39)33(40-23-25-13-6-3-7-14-25)32(26-15-8-4-9-16-26)27-17-10-5-11-18-27/h3-20,28,32-33,38H,21-24H2,1-2H3,(H,37,39)/t28-,33?/m0/s1. The number of amides is 1. The molecule has 1 amide bonds. The quantitative estimate of drug-likeness (QED) is 0.214. The number of halogens is 1. The van der Waals surface area contributed by atoms with Crippen LogP contribution in [0.25, 0.3) is 0 Å². The number of benzene rings is 4. The molecule has 2 atom stereocenters. The van der Waals surface area contributed by atoms with Gasteiger partial charge < -0.3 is 14.8 Å². The van der Waals surface area contributed by atoms with Gasteiger partial charge in [-0.1, -0.05) is 97.1 Å². The molecule has 1 unspecified atom stereocenters. The van der Waals surface area contributed by atoms with Crippen LogP contribution in [0.1, 0.15) is 48.4 Å². The number of hydrogen-bond acceptors (Lipinski definition) is 4. The summed E-state index contributed by atoms with van der Waals surface area (Å²) in [6.45, 7) is 4.78. The van der Waals surface area contributed by atoms with Crippen LogP contribution in [0.4, 0.5) is 10.1 Å². The number of carbonyl (C=O) groups is 1. The zero-order valence-corrected chi connectivity index (χ0v) is 23.6. The molecule has 1 aliphatic heterocycles. The zero-order valence-electron chi connectivity index (χ0n) is 23.6. The third kappa shape index (κ3) is 7.47. The molecule has 1 aliphatic rings. The lowest BCUT2D eigenvalue weighted by Crippen LogP contribution is -2.38. The fourth-order valence-corrected chi connectivity index (χ4v) is 5.44. The van der Waals surface area contributed by atoms with Crippen molar-refractivity contribution in [2.24, 2.45) is 0 Å². The molecule has 1 heterocycles. The highest BCUT2D eigenvalue weighted by Gasteiger charge is 2.33. The Kier molecular flexibility index (Phi) is 9.24. The lowest BCUT2D eigenvalue weighted by molar-refractivity contribution is -0.129. The van der Waals surface area contributed by atoms with Gasteiger partial charge in [0.2, 0.25) is 0 Å². The number of rotatable bonds is 11. The molecule has 0 saturated carbocycles. The highest BCUT2D eigenvalue weighted by Crippen LogP contribution is 2.32. The molecule has 0 radical (unpaired) electrons. The highest BCUT2D eigenvalue weighted by molar-refractivity contribution is 5.96. The molecule has 5 nitrogen and oxygen atoms in total. The number of hydrogen-bond donors (Lipinski definition) is 2. The third-order valence-electron chi connectivity index (χ3n) is 7.47. The summed E-state index contributed by atoms with van der Waals surface area (Å²) in [5.41, 5.74) is 3.42. The van der Waals surface area contributed by atoms with Gasteiger partial charge in [0, 0.05) is 23.2 Å². The van der Waals surface area contributed by atoms with Crippen LogP contribution >= 0.6 is 0 Å². The van der Waals surface area contributed by atoms with Gasteiger partial charge in [0.1, 0.15) is 17.6 Å². The summed E-state index contributed by atoms with van der Waals surface area (Å²) in [5.74, 6) is -1.04. The maximum absolute atomic E-state index is 15.2. The van der Waals surface area contributed by atoms with Crippen molar-refractivity contribution in [2.75, 3.05) is 11.9 Å². The van der Waals surface area contributed by atoms with E-state index < -0.39 is 11.8 Å². The summed E-state index contributed by atoms with van der Waals surface area (Å²) in [6, 6.07) is 34.5. The maximum atomic E-state index is 15.2. The van der Waals surface area contributed by atoms with Crippen molar-refractivity contribution in [3.05, 3.63) is 137 Å². The van der Waals surface area contributed by atoms with E-state index in [-0.39, 0.29) is 30.3 Å². The molecule has 1 saturated heterocycles. The molecule has 6 heteroatoms. The highest BCUT2D eigenvalue weighted by atomic mass is 19.1. The summed E-state index contributed by atoms with van der Waals surface area (Å²) in [6.07, 6.45) is 0.259. The van der Waals surface area contributed by atoms with Crippen LogP contribution in [0.2, 0.25) is 0 Å². The van der Waals surface area contributed by atoms with E-state index >= 15 is 4.39 Å². The molecule has 41 heavy (non-hydrogen) atoms. The van der Waals surface area contributed by atoms with Gasteiger partial charge in [0.05, 0.1) is 13.2 Å². The fourth-order valence-electron chi connectivity index (χ4n) is 5.44. The van der Waals surface area contributed by atoms with E-state index in [4.69, 9.17) is 9.47 Å². The van der Waals surface area contributed by atoms with E-state index in [0.29, 0.717) is 30.7 Å². The van der Waals surface area contributed by atoms with E-state index in [2.05, 4.69) is 10.6 Å². The van der Waals surface area contributed by atoms with Crippen LogP contribution in [0.5, 0.6) is 0 Å². The minimum atomic E-state index is -0.873. The Hall–Kier alpha value is -3.84. The second-order valence-corrected chi connectivity index (χ2v) is 11.0. The summed E-state index contributed by atoms with van der Waals surface area (Å²) in [5, 5.41) is 6.47. The van der Waals surface area contributed by atoms with Crippen molar-refractivity contribution in [2.45, 2.75) is 57.1 Å². The molecule has 5 rings (SSSR count). The van der Waals surface area contributed by atoms with Crippen LogP contribution in [-0.4, -0.2) is 30.4 Å². The minimum Gasteiger partial charge on any atom is -0.363 e. The predicted octanol–water partition coefficient (Wildman–Crippen LogP) is 6.84. The molecule has 0 aromatic heterocycles. The van der Waals surface area contributed by atoms with Crippen LogP contribution in [-0.2, 0) is 27.3 Å². The van der Waals surface area contributed by atoms with Gasteiger partial charge >= 0.3 is 0 Å². The van der Waals surface area contributed by atoms with Gasteiger partial charge in [-0.2, -0.15) is 0 Å². The van der Waals surface area contributed by atoms with Crippen molar-refractivity contribution >= 4 is 11.6 Å². The molecule has 4 aromatic carbocycles. The van der Waals surface area contributed by atoms with Gasteiger partial charge in [-0.15, -0.1) is 0 Å². The average molecular weight is 553 g/mol. The fraction of sp³-hybridized carbons (Fsp3) is 0.286. The minimum absolute atomic E-state index is 0.107. The first-order chi connectivity index (χ1) is 19.9. The molecule has 212 valence electrons. The molecule has 1 fully saturated rings. The number of anilines is 1. The number of ether oxygens (including phenoxy) is 2. The van der Waals surface area contributed by atoms with E-state index in [1.807, 2.05) is 105 Å². The maximum Gasteiger partial charge on any atom is 0.254 e. The van der Waals surface area contributed by atoms with Gasteiger partial charge in [-0.25, -0.2) is 4.39 Å².